The lowest BCUT2D eigenvalue weighted by atomic mass is 10.1. The summed E-state index contributed by atoms with van der Waals surface area (Å²) in [6.07, 6.45) is 0. The Hall–Kier alpha value is -1.78. The van der Waals surface area contributed by atoms with Crippen LogP contribution in [0.15, 0.2) is 46.9 Å². The first kappa shape index (κ1) is 16.1. The molecule has 3 nitrogen and oxygen atoms in total. The second kappa shape index (κ2) is 6.77. The van der Waals surface area contributed by atoms with Gasteiger partial charge in [-0.25, -0.2) is 4.98 Å². The van der Waals surface area contributed by atoms with Gasteiger partial charge in [-0.3, -0.25) is 0 Å². The molecule has 0 saturated carbocycles. The van der Waals surface area contributed by atoms with Gasteiger partial charge in [0.2, 0.25) is 0 Å². The zero-order valence-corrected chi connectivity index (χ0v) is 15.1. The number of methoxy groups -OCH3 is 1. The average Bonchev–Trinajstić information content (AvgIpc) is 2.57. The Morgan fingerprint density at radius 3 is 2.52 bits per heavy atom. The molecule has 1 heterocycles. The zero-order valence-electron chi connectivity index (χ0n) is 12.8. The highest BCUT2D eigenvalue weighted by Crippen LogP contribution is 2.37. The predicted octanol–water partition coefficient (Wildman–Crippen LogP) is 5.73. The quantitative estimate of drug-likeness (QED) is 0.568. The molecule has 0 aliphatic heterocycles. The molecule has 0 saturated heterocycles. The van der Waals surface area contributed by atoms with Gasteiger partial charge in [0.15, 0.2) is 0 Å². The topological polar surface area (TPSA) is 31.4 Å². The Bertz CT molecular complexity index is 850. The first-order valence-electron chi connectivity index (χ1n) is 7.20. The third-order valence-corrected chi connectivity index (χ3v) is 4.59. The van der Waals surface area contributed by atoms with E-state index in [-0.39, 0.29) is 0 Å². The van der Waals surface area contributed by atoms with Gasteiger partial charge in [0.05, 0.1) is 34.4 Å². The Morgan fingerprint density at radius 2 is 1.87 bits per heavy atom. The summed E-state index contributed by atoms with van der Waals surface area (Å²) in [5, 5.41) is 1.54. The molecule has 0 spiro atoms. The normalized spacial score (nSPS) is 10.8. The minimum Gasteiger partial charge on any atom is -0.495 e. The number of hydrogen-bond acceptors (Lipinski definition) is 3. The number of ether oxygens (including phenoxy) is 2. The summed E-state index contributed by atoms with van der Waals surface area (Å²) < 4.78 is 11.6. The number of fused-ring (bicyclic) bond motifs is 1. The van der Waals surface area contributed by atoms with E-state index in [0.29, 0.717) is 11.6 Å². The van der Waals surface area contributed by atoms with E-state index in [1.165, 1.54) is 0 Å². The highest BCUT2D eigenvalue weighted by molar-refractivity contribution is 9.10. The monoisotopic (exact) mass is 391 g/mol. The van der Waals surface area contributed by atoms with Gasteiger partial charge in [0, 0.05) is 10.9 Å². The van der Waals surface area contributed by atoms with Crippen molar-refractivity contribution in [1.29, 1.82) is 0 Å². The lowest BCUT2D eigenvalue weighted by Gasteiger charge is -2.10. The molecule has 0 atom stereocenters. The van der Waals surface area contributed by atoms with Gasteiger partial charge in [-0.05, 0) is 65.3 Å². The second-order valence-corrected chi connectivity index (χ2v) is 6.12. The lowest BCUT2D eigenvalue weighted by molar-refractivity contribution is 0.340. The molecule has 0 aliphatic carbocycles. The van der Waals surface area contributed by atoms with Gasteiger partial charge < -0.3 is 9.47 Å². The number of benzene rings is 2. The van der Waals surface area contributed by atoms with E-state index < -0.39 is 0 Å². The minimum absolute atomic E-state index is 0.645. The molecule has 2 aromatic carbocycles. The fourth-order valence-corrected chi connectivity index (χ4v) is 3.24. The maximum absolute atomic E-state index is 6.43. The number of rotatable bonds is 4. The van der Waals surface area contributed by atoms with E-state index in [4.69, 9.17) is 26.1 Å². The van der Waals surface area contributed by atoms with Crippen molar-refractivity contribution in [2.24, 2.45) is 0 Å². The van der Waals surface area contributed by atoms with E-state index in [1.54, 1.807) is 7.11 Å². The maximum atomic E-state index is 6.43. The van der Waals surface area contributed by atoms with Crippen LogP contribution in [0.2, 0.25) is 5.02 Å². The van der Waals surface area contributed by atoms with Gasteiger partial charge in [-0.2, -0.15) is 0 Å². The summed E-state index contributed by atoms with van der Waals surface area (Å²) in [5.41, 5.74) is 2.56. The molecular weight excluding hydrogens is 378 g/mol. The Labute approximate surface area is 148 Å². The van der Waals surface area contributed by atoms with Crippen molar-refractivity contribution in [2.45, 2.75) is 6.92 Å². The second-order valence-electron chi connectivity index (χ2n) is 4.92. The Balaban J connectivity index is 2.12. The number of nitrogens with zero attached hydrogens (tertiary/aromatic N) is 1. The third-order valence-electron chi connectivity index (χ3n) is 3.51. The molecule has 0 N–H and O–H groups in total. The Morgan fingerprint density at radius 1 is 1.13 bits per heavy atom. The molecule has 0 bridgehead atoms. The molecule has 5 heteroatoms. The summed E-state index contributed by atoms with van der Waals surface area (Å²) >= 11 is 9.98. The molecule has 0 aliphatic rings. The average molecular weight is 393 g/mol. The highest BCUT2D eigenvalue weighted by Gasteiger charge is 2.12. The van der Waals surface area contributed by atoms with Crippen molar-refractivity contribution < 1.29 is 9.47 Å². The lowest BCUT2D eigenvalue weighted by Crippen LogP contribution is -1.92. The van der Waals surface area contributed by atoms with E-state index >= 15 is 0 Å². The molecule has 0 radical (unpaired) electrons. The smallest absolute Gasteiger partial charge is 0.135 e. The minimum atomic E-state index is 0.645. The number of halogens is 2. The van der Waals surface area contributed by atoms with Gasteiger partial charge in [0.1, 0.15) is 11.5 Å². The van der Waals surface area contributed by atoms with Gasteiger partial charge >= 0.3 is 0 Å². The number of pyridine rings is 1. The SMILES string of the molecule is CCOc1ccc(-c2cc(Cl)c3ccc(OC)c(Br)c3n2)cc1. The molecule has 3 aromatic rings. The van der Waals surface area contributed by atoms with Crippen molar-refractivity contribution in [3.63, 3.8) is 0 Å². The number of aromatic nitrogens is 1. The summed E-state index contributed by atoms with van der Waals surface area (Å²) in [6, 6.07) is 13.5. The molecule has 23 heavy (non-hydrogen) atoms. The van der Waals surface area contributed by atoms with Crippen molar-refractivity contribution in [3.05, 3.63) is 52.0 Å². The molecule has 0 fully saturated rings. The standard InChI is InChI=1S/C18H15BrClNO2/c1-3-23-12-6-4-11(5-7-12)15-10-14(20)13-8-9-16(22-2)17(19)18(13)21-15/h4-10H,3H2,1-2H3. The van der Waals surface area contributed by atoms with Gasteiger partial charge in [-0.1, -0.05) is 11.6 Å². The summed E-state index contributed by atoms with van der Waals surface area (Å²) in [5.74, 6) is 1.57. The molecule has 0 unspecified atom stereocenters. The molecular formula is C18H15BrClNO2. The van der Waals surface area contributed by atoms with Crippen molar-refractivity contribution in [3.8, 4) is 22.8 Å². The van der Waals surface area contributed by atoms with Crippen LogP contribution in [0.5, 0.6) is 11.5 Å². The molecule has 3 rings (SSSR count). The molecule has 0 amide bonds. The van der Waals surface area contributed by atoms with Gasteiger partial charge in [0.25, 0.3) is 0 Å². The van der Waals surface area contributed by atoms with Crippen LogP contribution >= 0.6 is 27.5 Å². The Kier molecular flexibility index (Phi) is 4.74. The summed E-state index contributed by atoms with van der Waals surface area (Å²) in [4.78, 5) is 4.74. The van der Waals surface area contributed by atoms with Crippen LogP contribution < -0.4 is 9.47 Å². The van der Waals surface area contributed by atoms with Crippen LogP contribution in [0, 0.1) is 0 Å². The van der Waals surface area contributed by atoms with Crippen LogP contribution in [0.3, 0.4) is 0 Å². The maximum Gasteiger partial charge on any atom is 0.135 e. The predicted molar refractivity (Wildman–Crippen MR) is 97.6 cm³/mol. The third kappa shape index (κ3) is 3.14. The summed E-state index contributed by atoms with van der Waals surface area (Å²) in [6.45, 7) is 2.61. The van der Waals surface area contributed by atoms with E-state index in [0.717, 1.165) is 38.1 Å². The zero-order chi connectivity index (χ0) is 16.4. The molecule has 118 valence electrons. The largest absolute Gasteiger partial charge is 0.495 e. The van der Waals surface area contributed by atoms with Crippen molar-refractivity contribution in [1.82, 2.24) is 4.98 Å². The van der Waals surface area contributed by atoms with Crippen molar-refractivity contribution >= 4 is 38.4 Å². The van der Waals surface area contributed by atoms with Gasteiger partial charge in [-0.15, -0.1) is 0 Å². The van der Waals surface area contributed by atoms with Crippen LogP contribution in [-0.2, 0) is 0 Å². The van der Waals surface area contributed by atoms with E-state index in [9.17, 15) is 0 Å². The number of hydrogen-bond donors (Lipinski definition) is 0. The first-order chi connectivity index (χ1) is 11.1. The van der Waals surface area contributed by atoms with Crippen LogP contribution in [0.1, 0.15) is 6.92 Å². The van der Waals surface area contributed by atoms with E-state index in [2.05, 4.69) is 15.9 Å². The first-order valence-corrected chi connectivity index (χ1v) is 8.37. The van der Waals surface area contributed by atoms with Crippen LogP contribution in [0.25, 0.3) is 22.2 Å². The van der Waals surface area contributed by atoms with Crippen LogP contribution in [-0.4, -0.2) is 18.7 Å². The molecule has 1 aromatic heterocycles. The highest BCUT2D eigenvalue weighted by atomic mass is 79.9. The van der Waals surface area contributed by atoms with Crippen molar-refractivity contribution in [2.75, 3.05) is 13.7 Å². The summed E-state index contributed by atoms with van der Waals surface area (Å²) in [7, 11) is 1.63. The van der Waals surface area contributed by atoms with E-state index in [1.807, 2.05) is 49.4 Å². The fourth-order valence-electron chi connectivity index (χ4n) is 2.39. The van der Waals surface area contributed by atoms with Crippen LogP contribution in [0.4, 0.5) is 0 Å². The fraction of sp³-hybridized carbons (Fsp3) is 0.167.